The molecule has 0 saturated carbocycles. The Balaban J connectivity index is 2.62. The minimum absolute atomic E-state index is 0.334. The molecule has 19 heavy (non-hydrogen) atoms. The number of para-hydroxylation sites is 1. The number of benzene rings is 1. The Bertz CT molecular complexity index is 897. The van der Waals surface area contributed by atoms with Crippen molar-refractivity contribution < 1.29 is 9.53 Å². The van der Waals surface area contributed by atoms with Gasteiger partial charge in [-0.2, -0.15) is 0 Å². The zero-order valence-corrected chi connectivity index (χ0v) is 10.7. The van der Waals surface area contributed by atoms with E-state index in [2.05, 4.69) is 9.98 Å². The summed E-state index contributed by atoms with van der Waals surface area (Å²) in [7, 11) is 0. The van der Waals surface area contributed by atoms with Crippen molar-refractivity contribution in [1.29, 1.82) is 0 Å². The van der Waals surface area contributed by atoms with Crippen LogP contribution < -0.4 is 15.3 Å². The van der Waals surface area contributed by atoms with E-state index in [1.807, 2.05) is 44.1 Å². The lowest BCUT2D eigenvalue weighted by molar-refractivity contribution is 0.323. The molecule has 2 aromatic rings. The van der Waals surface area contributed by atoms with Crippen molar-refractivity contribution in [3.05, 3.63) is 51.0 Å². The number of fused-ring (bicyclic) bond motifs is 2. The lowest BCUT2D eigenvalue weighted by atomic mass is 10.2. The lowest BCUT2D eigenvalue weighted by Crippen LogP contribution is -2.15. The van der Waals surface area contributed by atoms with Crippen molar-refractivity contribution >= 4 is 11.6 Å². The summed E-state index contributed by atoms with van der Waals surface area (Å²) in [5, 5.41) is 2.92. The summed E-state index contributed by atoms with van der Waals surface area (Å²) in [4.78, 5) is 20.1. The van der Waals surface area contributed by atoms with E-state index in [0.717, 1.165) is 27.2 Å². The topological polar surface area (TPSA) is 51.5 Å². The molecule has 0 N–H and O–H groups in total. The Morgan fingerprint density at radius 3 is 2.84 bits per heavy atom. The Hall–Kier alpha value is -2.45. The van der Waals surface area contributed by atoms with Crippen LogP contribution in [0, 0.1) is 17.4 Å². The third-order valence-corrected chi connectivity index (χ3v) is 3.10. The molecule has 3 rings (SSSR count). The van der Waals surface area contributed by atoms with Gasteiger partial charge in [0, 0.05) is 10.4 Å². The zero-order chi connectivity index (χ0) is 13.4. The van der Waals surface area contributed by atoms with Crippen LogP contribution in [0.1, 0.15) is 12.6 Å². The van der Waals surface area contributed by atoms with Gasteiger partial charge in [0.15, 0.2) is 0 Å². The molecule has 1 aliphatic heterocycles. The normalized spacial score (nSPS) is 11.3. The highest BCUT2D eigenvalue weighted by atomic mass is 16.5. The first kappa shape index (κ1) is 11.6. The number of nitrogens with zero attached hydrogens (tertiary/aromatic N) is 2. The van der Waals surface area contributed by atoms with E-state index in [0.29, 0.717) is 17.7 Å². The van der Waals surface area contributed by atoms with E-state index in [-0.39, 0.29) is 0 Å². The molecule has 4 nitrogen and oxygen atoms in total. The number of aromatic nitrogens is 1. The van der Waals surface area contributed by atoms with Gasteiger partial charge in [-0.3, -0.25) is 0 Å². The number of rotatable bonds is 2. The van der Waals surface area contributed by atoms with Crippen molar-refractivity contribution in [1.82, 2.24) is 4.98 Å². The number of hydrogen-bond donors (Lipinski definition) is 0. The van der Waals surface area contributed by atoms with Gasteiger partial charge in [-0.25, -0.2) is 14.8 Å². The second-order valence-corrected chi connectivity index (χ2v) is 4.27. The predicted octanol–water partition coefficient (Wildman–Crippen LogP) is 0.844. The quantitative estimate of drug-likeness (QED) is 0.679. The fourth-order valence-corrected chi connectivity index (χ4v) is 2.31. The summed E-state index contributed by atoms with van der Waals surface area (Å²) in [5.41, 5.74) is 1.50. The zero-order valence-electron chi connectivity index (χ0n) is 10.7. The maximum absolute atomic E-state index is 11.3. The van der Waals surface area contributed by atoms with Crippen LogP contribution in [0.25, 0.3) is 0 Å². The molecule has 4 heteroatoms. The van der Waals surface area contributed by atoms with Crippen molar-refractivity contribution in [2.75, 3.05) is 6.61 Å². The van der Waals surface area contributed by atoms with Crippen LogP contribution in [-0.2, 0) is 4.79 Å². The van der Waals surface area contributed by atoms with Crippen LogP contribution in [0.5, 0.6) is 5.88 Å². The highest BCUT2D eigenvalue weighted by molar-refractivity contribution is 5.58. The van der Waals surface area contributed by atoms with Crippen LogP contribution in [0.15, 0.2) is 29.3 Å². The number of aryl methyl sites for hydroxylation is 1. The number of pyridine rings is 1. The van der Waals surface area contributed by atoms with E-state index in [4.69, 9.17) is 4.74 Å². The molecule has 0 unspecified atom stereocenters. The number of ether oxygens (including phenoxy) is 1. The fraction of sp³-hybridized carbons (Fsp3) is 0.200. The number of carbonyl (C=O) groups excluding carboxylic acids is 1. The first-order valence-corrected chi connectivity index (χ1v) is 6.13. The van der Waals surface area contributed by atoms with E-state index < -0.39 is 0 Å². The summed E-state index contributed by atoms with van der Waals surface area (Å²) in [6.45, 7) is 4.18. The molecule has 0 atom stereocenters. The molecule has 94 valence electrons. The first-order valence-electron chi connectivity index (χ1n) is 6.13. The molecule has 1 aromatic carbocycles. The van der Waals surface area contributed by atoms with Crippen LogP contribution in [-0.4, -0.2) is 17.5 Å². The average Bonchev–Trinajstić information content (AvgIpc) is 2.80. The van der Waals surface area contributed by atoms with Gasteiger partial charge in [-0.1, -0.05) is 18.2 Å². The monoisotopic (exact) mass is 252 g/mol. The molecular formula is C15H12N2O2. The van der Waals surface area contributed by atoms with Crippen molar-refractivity contribution in [3.8, 4) is 5.88 Å². The standard InChI is InChI=1S/C15H12N2O2/c1-3-19-15-11(8-18)13-10-6-4-5-7-12(10)17-14(13)9(2)16-15/h4-7H,3H2,1-2H3. The second kappa shape index (κ2) is 4.34. The Labute approximate surface area is 109 Å². The van der Waals surface area contributed by atoms with Crippen molar-refractivity contribution in [2.24, 2.45) is 4.99 Å². The largest absolute Gasteiger partial charge is 0.477 e. The maximum Gasteiger partial charge on any atom is 0.233 e. The highest BCUT2D eigenvalue weighted by Gasteiger charge is 2.14. The van der Waals surface area contributed by atoms with Gasteiger partial charge in [0.1, 0.15) is 11.2 Å². The van der Waals surface area contributed by atoms with Crippen LogP contribution in [0.3, 0.4) is 0 Å². The van der Waals surface area contributed by atoms with Crippen LogP contribution in [0.4, 0.5) is 5.69 Å². The fourth-order valence-electron chi connectivity index (χ4n) is 2.31. The summed E-state index contributed by atoms with van der Waals surface area (Å²) in [6.07, 6.45) is 0. The summed E-state index contributed by atoms with van der Waals surface area (Å²) < 4.78 is 5.43. The molecule has 2 heterocycles. The predicted molar refractivity (Wildman–Crippen MR) is 69.5 cm³/mol. The van der Waals surface area contributed by atoms with Crippen LogP contribution in [0.2, 0.25) is 0 Å². The minimum Gasteiger partial charge on any atom is -0.477 e. The van der Waals surface area contributed by atoms with Crippen molar-refractivity contribution in [3.63, 3.8) is 0 Å². The summed E-state index contributed by atoms with van der Waals surface area (Å²) in [6, 6.07) is 7.71. The van der Waals surface area contributed by atoms with E-state index in [9.17, 15) is 4.79 Å². The minimum atomic E-state index is 0.334. The van der Waals surface area contributed by atoms with Gasteiger partial charge < -0.3 is 4.74 Å². The summed E-state index contributed by atoms with van der Waals surface area (Å²) in [5.74, 6) is 2.29. The van der Waals surface area contributed by atoms with E-state index >= 15 is 0 Å². The SMILES string of the molecule is CCOc1nc(C)c2c(c1=C=O)=c1ccccc1=N2. The van der Waals surface area contributed by atoms with E-state index in [1.165, 1.54) is 0 Å². The third-order valence-electron chi connectivity index (χ3n) is 3.10. The first-order chi connectivity index (χ1) is 9.26. The van der Waals surface area contributed by atoms with Gasteiger partial charge in [0.05, 0.1) is 23.3 Å². The Morgan fingerprint density at radius 1 is 1.32 bits per heavy atom. The molecule has 0 bridgehead atoms. The smallest absolute Gasteiger partial charge is 0.233 e. The van der Waals surface area contributed by atoms with Crippen molar-refractivity contribution in [2.45, 2.75) is 13.8 Å². The van der Waals surface area contributed by atoms with Gasteiger partial charge >= 0.3 is 0 Å². The van der Waals surface area contributed by atoms with Gasteiger partial charge in [-0.15, -0.1) is 0 Å². The third kappa shape index (κ3) is 1.65. The second-order valence-electron chi connectivity index (χ2n) is 4.27. The molecule has 0 amide bonds. The van der Waals surface area contributed by atoms with Gasteiger partial charge in [0.25, 0.3) is 0 Å². The molecule has 0 radical (unpaired) electrons. The molecule has 1 aromatic heterocycles. The molecular weight excluding hydrogens is 240 g/mol. The maximum atomic E-state index is 11.3. The lowest BCUT2D eigenvalue weighted by Gasteiger charge is -2.04. The van der Waals surface area contributed by atoms with E-state index in [1.54, 1.807) is 0 Å². The molecule has 0 fully saturated rings. The number of hydrogen-bond acceptors (Lipinski definition) is 4. The Morgan fingerprint density at radius 2 is 2.11 bits per heavy atom. The summed E-state index contributed by atoms with van der Waals surface area (Å²) >= 11 is 0. The molecule has 0 aliphatic carbocycles. The van der Waals surface area contributed by atoms with Crippen LogP contribution >= 0.6 is 0 Å². The Kier molecular flexibility index (Phi) is 2.65. The molecule has 0 spiro atoms. The molecule has 1 aliphatic rings. The van der Waals surface area contributed by atoms with Gasteiger partial charge in [0.2, 0.25) is 5.88 Å². The average molecular weight is 252 g/mol. The highest BCUT2D eigenvalue weighted by Crippen LogP contribution is 2.20. The van der Waals surface area contributed by atoms with Gasteiger partial charge in [-0.05, 0) is 19.9 Å². The molecule has 0 saturated heterocycles.